The first-order valence-electron chi connectivity index (χ1n) is 7.35. The third kappa shape index (κ3) is 6.64. The van der Waals surface area contributed by atoms with E-state index in [1.165, 1.54) is 5.69 Å². The smallest absolute Gasteiger partial charge is 0.194 e. The van der Waals surface area contributed by atoms with Crippen LogP contribution in [0.3, 0.4) is 0 Å². The summed E-state index contributed by atoms with van der Waals surface area (Å²) in [6, 6.07) is 4.17. The van der Waals surface area contributed by atoms with Gasteiger partial charge in [-0.25, -0.2) is 0 Å². The highest BCUT2D eigenvalue weighted by atomic mass is 16.5. The molecular weight excluding hydrogens is 268 g/mol. The average molecular weight is 296 g/mol. The summed E-state index contributed by atoms with van der Waals surface area (Å²) in [6.45, 7) is 6.22. The first-order valence-corrected chi connectivity index (χ1v) is 7.35. The van der Waals surface area contributed by atoms with Crippen LogP contribution in [0.4, 0.5) is 0 Å². The minimum atomic E-state index is 0.607. The van der Waals surface area contributed by atoms with E-state index < -0.39 is 0 Å². The number of ether oxygens (including phenoxy) is 2. The van der Waals surface area contributed by atoms with Crippen LogP contribution in [0, 0.1) is 0 Å². The topological polar surface area (TPSA) is 51.0 Å². The molecule has 0 amide bonds. The van der Waals surface area contributed by atoms with E-state index in [1.54, 1.807) is 7.11 Å². The molecule has 1 N–H and O–H groups in total. The number of nitrogens with one attached hydrogen (secondary N) is 1. The van der Waals surface area contributed by atoms with E-state index in [1.807, 2.05) is 7.05 Å². The molecule has 21 heavy (non-hydrogen) atoms. The van der Waals surface area contributed by atoms with Crippen molar-refractivity contribution in [3.05, 3.63) is 24.0 Å². The summed E-state index contributed by atoms with van der Waals surface area (Å²) >= 11 is 0. The van der Waals surface area contributed by atoms with Gasteiger partial charge in [-0.2, -0.15) is 0 Å². The van der Waals surface area contributed by atoms with Crippen LogP contribution >= 0.6 is 0 Å². The molecule has 1 heterocycles. The maximum Gasteiger partial charge on any atom is 0.194 e. The van der Waals surface area contributed by atoms with Crippen molar-refractivity contribution in [2.75, 3.05) is 47.1 Å². The van der Waals surface area contributed by atoms with Crippen molar-refractivity contribution in [3.8, 4) is 0 Å². The van der Waals surface area contributed by atoms with Crippen molar-refractivity contribution in [1.29, 1.82) is 0 Å². The zero-order valence-electron chi connectivity index (χ0n) is 13.6. The van der Waals surface area contributed by atoms with E-state index in [2.05, 4.69) is 52.1 Å². The average Bonchev–Trinajstić information content (AvgIpc) is 2.86. The Balaban J connectivity index is 2.45. The first-order chi connectivity index (χ1) is 10.2. The van der Waals surface area contributed by atoms with Gasteiger partial charge in [0.1, 0.15) is 0 Å². The molecule has 0 bridgehead atoms. The van der Waals surface area contributed by atoms with Crippen LogP contribution in [0.15, 0.2) is 23.3 Å². The Bertz CT molecular complexity index is 418. The minimum absolute atomic E-state index is 0.607. The number of nitrogens with zero attached hydrogens (tertiary/aromatic N) is 3. The molecule has 0 atom stereocenters. The molecule has 0 unspecified atom stereocenters. The lowest BCUT2D eigenvalue weighted by Gasteiger charge is -2.22. The number of hydrogen-bond acceptors (Lipinski definition) is 3. The molecule has 6 heteroatoms. The van der Waals surface area contributed by atoms with Crippen LogP contribution < -0.4 is 5.32 Å². The first kappa shape index (κ1) is 17.5. The third-order valence-corrected chi connectivity index (χ3v) is 3.08. The predicted octanol–water partition coefficient (Wildman–Crippen LogP) is 1.09. The number of hydrogen-bond donors (Lipinski definition) is 1. The number of aliphatic imine (C=N–C) groups is 1. The van der Waals surface area contributed by atoms with Crippen LogP contribution in [0.25, 0.3) is 0 Å². The van der Waals surface area contributed by atoms with Gasteiger partial charge < -0.3 is 24.3 Å². The minimum Gasteiger partial charge on any atom is -0.382 e. The molecule has 1 aromatic rings. The molecule has 0 aliphatic heterocycles. The number of methoxy groups -OCH3 is 1. The van der Waals surface area contributed by atoms with Crippen LogP contribution in [0.2, 0.25) is 0 Å². The lowest BCUT2D eigenvalue weighted by Crippen LogP contribution is -2.39. The fourth-order valence-corrected chi connectivity index (χ4v) is 1.91. The van der Waals surface area contributed by atoms with Gasteiger partial charge in [-0.1, -0.05) is 0 Å². The molecule has 0 aromatic carbocycles. The van der Waals surface area contributed by atoms with Crippen molar-refractivity contribution >= 4 is 5.96 Å². The van der Waals surface area contributed by atoms with Crippen molar-refractivity contribution in [1.82, 2.24) is 14.8 Å². The summed E-state index contributed by atoms with van der Waals surface area (Å²) in [7, 11) is 5.76. The molecule has 0 spiro atoms. The molecular formula is C15H28N4O2. The summed E-state index contributed by atoms with van der Waals surface area (Å²) < 4.78 is 12.5. The molecule has 0 saturated heterocycles. The van der Waals surface area contributed by atoms with Gasteiger partial charge in [-0.3, -0.25) is 4.99 Å². The Labute approximate surface area is 127 Å². The largest absolute Gasteiger partial charge is 0.382 e. The van der Waals surface area contributed by atoms with E-state index in [0.29, 0.717) is 26.4 Å². The van der Waals surface area contributed by atoms with E-state index in [-0.39, 0.29) is 0 Å². The van der Waals surface area contributed by atoms with Crippen molar-refractivity contribution < 1.29 is 9.47 Å². The van der Waals surface area contributed by atoms with Crippen LogP contribution in [-0.4, -0.2) is 62.5 Å². The van der Waals surface area contributed by atoms with Gasteiger partial charge in [0.15, 0.2) is 5.96 Å². The van der Waals surface area contributed by atoms with Gasteiger partial charge in [-0.05, 0) is 19.1 Å². The maximum atomic E-state index is 5.42. The van der Waals surface area contributed by atoms with E-state index >= 15 is 0 Å². The van der Waals surface area contributed by atoms with Gasteiger partial charge in [0.2, 0.25) is 0 Å². The maximum absolute atomic E-state index is 5.42. The SMILES string of the molecule is CCNC(=NCCOCCOC)N(C)Cc1cccn1C. The second kappa shape index (κ2) is 10.2. The molecule has 0 aliphatic carbocycles. The second-order valence-electron chi connectivity index (χ2n) is 4.81. The Hall–Kier alpha value is -1.53. The highest BCUT2D eigenvalue weighted by molar-refractivity contribution is 5.79. The van der Waals surface area contributed by atoms with Gasteiger partial charge in [0, 0.05) is 39.6 Å². The summed E-state index contributed by atoms with van der Waals surface area (Å²) in [5, 5.41) is 3.30. The zero-order chi connectivity index (χ0) is 15.5. The number of rotatable bonds is 9. The summed E-state index contributed by atoms with van der Waals surface area (Å²) in [5.74, 6) is 0.897. The normalized spacial score (nSPS) is 11.7. The quantitative estimate of drug-likeness (QED) is 0.421. The highest BCUT2D eigenvalue weighted by Crippen LogP contribution is 2.03. The summed E-state index contributed by atoms with van der Waals surface area (Å²) in [6.07, 6.45) is 2.05. The van der Waals surface area contributed by atoms with Crippen LogP contribution in [-0.2, 0) is 23.1 Å². The summed E-state index contributed by atoms with van der Waals surface area (Å²) in [5.41, 5.74) is 1.25. The van der Waals surface area contributed by atoms with Crippen LogP contribution in [0.1, 0.15) is 12.6 Å². The standard InChI is InChI=1S/C15H28N4O2/c1-5-16-15(17-8-10-21-12-11-20-4)19(3)13-14-7-6-9-18(14)2/h6-7,9H,5,8,10-13H2,1-4H3,(H,16,17). The number of guanidine groups is 1. The lowest BCUT2D eigenvalue weighted by molar-refractivity contribution is 0.0747. The highest BCUT2D eigenvalue weighted by Gasteiger charge is 2.07. The van der Waals surface area contributed by atoms with Gasteiger partial charge >= 0.3 is 0 Å². The fraction of sp³-hybridized carbons (Fsp3) is 0.667. The molecule has 1 aromatic heterocycles. The molecule has 6 nitrogen and oxygen atoms in total. The fourth-order valence-electron chi connectivity index (χ4n) is 1.91. The van der Waals surface area contributed by atoms with E-state index in [4.69, 9.17) is 9.47 Å². The van der Waals surface area contributed by atoms with Gasteiger partial charge in [0.05, 0.1) is 32.9 Å². The Morgan fingerprint density at radius 3 is 2.81 bits per heavy atom. The zero-order valence-corrected chi connectivity index (χ0v) is 13.6. The molecule has 0 fully saturated rings. The van der Waals surface area contributed by atoms with E-state index in [9.17, 15) is 0 Å². The third-order valence-electron chi connectivity index (χ3n) is 3.08. The van der Waals surface area contributed by atoms with Crippen molar-refractivity contribution in [3.63, 3.8) is 0 Å². The van der Waals surface area contributed by atoms with Crippen molar-refractivity contribution in [2.24, 2.45) is 12.0 Å². The van der Waals surface area contributed by atoms with Gasteiger partial charge in [-0.15, -0.1) is 0 Å². The number of aromatic nitrogens is 1. The predicted molar refractivity (Wildman–Crippen MR) is 85.6 cm³/mol. The Kier molecular flexibility index (Phi) is 8.54. The Morgan fingerprint density at radius 1 is 1.38 bits per heavy atom. The molecule has 0 radical (unpaired) electrons. The van der Waals surface area contributed by atoms with Crippen LogP contribution in [0.5, 0.6) is 0 Å². The molecule has 120 valence electrons. The van der Waals surface area contributed by atoms with Crippen molar-refractivity contribution in [2.45, 2.75) is 13.5 Å². The monoisotopic (exact) mass is 296 g/mol. The van der Waals surface area contributed by atoms with Gasteiger partial charge in [0.25, 0.3) is 0 Å². The Morgan fingerprint density at radius 2 is 2.19 bits per heavy atom. The number of aryl methyl sites for hydroxylation is 1. The molecule has 0 aliphatic rings. The molecule has 1 rings (SSSR count). The van der Waals surface area contributed by atoms with E-state index in [0.717, 1.165) is 19.0 Å². The molecule has 0 saturated carbocycles. The second-order valence-corrected chi connectivity index (χ2v) is 4.81. The summed E-state index contributed by atoms with van der Waals surface area (Å²) in [4.78, 5) is 6.70. The lowest BCUT2D eigenvalue weighted by atomic mass is 10.4.